The zero-order valence-corrected chi connectivity index (χ0v) is 8.45. The molecule has 0 bridgehead atoms. The van der Waals surface area contributed by atoms with Crippen LogP contribution in [0.3, 0.4) is 0 Å². The molecule has 78 valence electrons. The van der Waals surface area contributed by atoms with Gasteiger partial charge < -0.3 is 5.73 Å². The summed E-state index contributed by atoms with van der Waals surface area (Å²) in [6, 6.07) is 10.3. The third-order valence-corrected chi connectivity index (χ3v) is 2.23. The first kappa shape index (κ1) is 9.86. The molecule has 0 radical (unpaired) electrons. The summed E-state index contributed by atoms with van der Waals surface area (Å²) >= 11 is 0. The van der Waals surface area contributed by atoms with Gasteiger partial charge in [0.05, 0.1) is 12.7 Å². The molecule has 2 rings (SSSR count). The Kier molecular flexibility index (Phi) is 3.09. The molecule has 0 saturated carbocycles. The first-order chi connectivity index (χ1) is 7.34. The monoisotopic (exact) mass is 202 g/mol. The van der Waals surface area contributed by atoms with E-state index in [-0.39, 0.29) is 6.04 Å². The summed E-state index contributed by atoms with van der Waals surface area (Å²) in [6.07, 6.45) is 4.35. The first-order valence-electron chi connectivity index (χ1n) is 4.98. The number of hydrogen-bond acceptors (Lipinski definition) is 3. The molecular formula is C11H14N4. The Labute approximate surface area is 88.7 Å². The van der Waals surface area contributed by atoms with Crippen molar-refractivity contribution in [2.45, 2.75) is 19.0 Å². The van der Waals surface area contributed by atoms with Crippen molar-refractivity contribution in [2.75, 3.05) is 0 Å². The number of rotatable bonds is 4. The van der Waals surface area contributed by atoms with Gasteiger partial charge in [-0.3, -0.25) is 4.68 Å². The van der Waals surface area contributed by atoms with E-state index in [4.69, 9.17) is 5.73 Å². The highest BCUT2D eigenvalue weighted by Crippen LogP contribution is 2.02. The molecule has 1 aromatic heterocycles. The van der Waals surface area contributed by atoms with Gasteiger partial charge >= 0.3 is 0 Å². The number of aromatic nitrogens is 3. The predicted molar refractivity (Wildman–Crippen MR) is 58.1 cm³/mol. The van der Waals surface area contributed by atoms with Crippen LogP contribution in [0, 0.1) is 0 Å². The van der Waals surface area contributed by atoms with Gasteiger partial charge in [0.2, 0.25) is 0 Å². The normalized spacial score (nSPS) is 12.6. The van der Waals surface area contributed by atoms with Crippen molar-refractivity contribution in [2.24, 2.45) is 5.73 Å². The van der Waals surface area contributed by atoms with Gasteiger partial charge in [-0.2, -0.15) is 0 Å². The molecule has 2 aromatic rings. The van der Waals surface area contributed by atoms with Crippen molar-refractivity contribution < 1.29 is 0 Å². The zero-order valence-electron chi connectivity index (χ0n) is 8.45. The maximum atomic E-state index is 6.01. The van der Waals surface area contributed by atoms with Crippen LogP contribution in [0.4, 0.5) is 0 Å². The molecule has 4 nitrogen and oxygen atoms in total. The summed E-state index contributed by atoms with van der Waals surface area (Å²) in [5, 5.41) is 7.62. The summed E-state index contributed by atoms with van der Waals surface area (Å²) in [4.78, 5) is 0. The van der Waals surface area contributed by atoms with E-state index < -0.39 is 0 Å². The van der Waals surface area contributed by atoms with E-state index in [9.17, 15) is 0 Å². The topological polar surface area (TPSA) is 56.7 Å². The van der Waals surface area contributed by atoms with Crippen molar-refractivity contribution in [1.29, 1.82) is 0 Å². The Balaban J connectivity index is 1.90. The minimum atomic E-state index is 0.0779. The van der Waals surface area contributed by atoms with Crippen LogP contribution in [0.1, 0.15) is 5.56 Å². The van der Waals surface area contributed by atoms with E-state index in [0.29, 0.717) is 6.54 Å². The van der Waals surface area contributed by atoms with E-state index >= 15 is 0 Å². The number of hydrogen-bond donors (Lipinski definition) is 1. The molecule has 0 fully saturated rings. The van der Waals surface area contributed by atoms with Crippen molar-refractivity contribution in [3.63, 3.8) is 0 Å². The molecule has 0 spiro atoms. The van der Waals surface area contributed by atoms with Crippen molar-refractivity contribution in [3.8, 4) is 0 Å². The molecule has 1 atom stereocenters. The van der Waals surface area contributed by atoms with Crippen molar-refractivity contribution in [3.05, 3.63) is 48.3 Å². The van der Waals surface area contributed by atoms with Gasteiger partial charge in [0.25, 0.3) is 0 Å². The van der Waals surface area contributed by atoms with Crippen LogP contribution in [0.25, 0.3) is 0 Å². The fourth-order valence-corrected chi connectivity index (χ4v) is 1.55. The molecule has 0 amide bonds. The summed E-state index contributed by atoms with van der Waals surface area (Å²) in [7, 11) is 0. The highest BCUT2D eigenvalue weighted by molar-refractivity contribution is 5.15. The third-order valence-electron chi connectivity index (χ3n) is 2.23. The molecule has 0 aliphatic carbocycles. The van der Waals surface area contributed by atoms with Gasteiger partial charge in [0.15, 0.2) is 0 Å². The Morgan fingerprint density at radius 2 is 2.07 bits per heavy atom. The maximum absolute atomic E-state index is 6.01. The van der Waals surface area contributed by atoms with E-state index in [2.05, 4.69) is 22.4 Å². The molecule has 1 aromatic carbocycles. The second kappa shape index (κ2) is 4.70. The highest BCUT2D eigenvalue weighted by Gasteiger charge is 2.04. The summed E-state index contributed by atoms with van der Waals surface area (Å²) in [6.45, 7) is 0.703. The Hall–Kier alpha value is -1.68. The fourth-order valence-electron chi connectivity index (χ4n) is 1.55. The van der Waals surface area contributed by atoms with Crippen LogP contribution in [0.15, 0.2) is 42.7 Å². The van der Waals surface area contributed by atoms with Crippen LogP contribution in [-0.2, 0) is 13.0 Å². The zero-order chi connectivity index (χ0) is 10.5. The van der Waals surface area contributed by atoms with Gasteiger partial charge in [-0.1, -0.05) is 35.5 Å². The lowest BCUT2D eigenvalue weighted by molar-refractivity contribution is 0.496. The summed E-state index contributed by atoms with van der Waals surface area (Å²) in [5.41, 5.74) is 7.26. The predicted octanol–water partition coefficient (Wildman–Crippen LogP) is 0.848. The van der Waals surface area contributed by atoms with E-state index in [0.717, 1.165) is 6.42 Å². The lowest BCUT2D eigenvalue weighted by Gasteiger charge is -2.10. The van der Waals surface area contributed by atoms with Crippen LogP contribution >= 0.6 is 0 Å². The molecule has 4 heteroatoms. The Bertz CT molecular complexity index is 382. The average Bonchev–Trinajstić information content (AvgIpc) is 2.71. The molecule has 0 saturated heterocycles. The number of nitrogens with two attached hydrogens (primary N) is 1. The van der Waals surface area contributed by atoms with Crippen molar-refractivity contribution >= 4 is 0 Å². The van der Waals surface area contributed by atoms with E-state index in [1.165, 1.54) is 5.56 Å². The highest BCUT2D eigenvalue weighted by atomic mass is 15.4. The quantitative estimate of drug-likeness (QED) is 0.799. The molecule has 0 unspecified atom stereocenters. The Morgan fingerprint density at radius 3 is 2.73 bits per heavy atom. The molecular weight excluding hydrogens is 188 g/mol. The van der Waals surface area contributed by atoms with Gasteiger partial charge in [-0.05, 0) is 12.0 Å². The molecule has 15 heavy (non-hydrogen) atoms. The minimum absolute atomic E-state index is 0.0779. The maximum Gasteiger partial charge on any atom is 0.0692 e. The molecule has 0 aliphatic heterocycles. The van der Waals surface area contributed by atoms with Gasteiger partial charge in [0, 0.05) is 12.2 Å². The van der Waals surface area contributed by atoms with Crippen LogP contribution in [0.2, 0.25) is 0 Å². The number of benzene rings is 1. The van der Waals surface area contributed by atoms with E-state index in [1.54, 1.807) is 10.9 Å². The van der Waals surface area contributed by atoms with Gasteiger partial charge in [0.1, 0.15) is 0 Å². The largest absolute Gasteiger partial charge is 0.326 e. The summed E-state index contributed by atoms with van der Waals surface area (Å²) < 4.78 is 1.76. The van der Waals surface area contributed by atoms with Crippen molar-refractivity contribution in [1.82, 2.24) is 15.0 Å². The summed E-state index contributed by atoms with van der Waals surface area (Å²) in [5.74, 6) is 0. The third kappa shape index (κ3) is 2.89. The Morgan fingerprint density at radius 1 is 1.27 bits per heavy atom. The standard InChI is InChI=1S/C11H14N4/c12-11(9-15-7-6-13-14-15)8-10-4-2-1-3-5-10/h1-7,11H,8-9,12H2/t11-/m0/s1. The second-order valence-electron chi connectivity index (χ2n) is 3.57. The number of nitrogens with zero attached hydrogens (tertiary/aromatic N) is 3. The first-order valence-corrected chi connectivity index (χ1v) is 4.98. The average molecular weight is 202 g/mol. The van der Waals surface area contributed by atoms with E-state index in [1.807, 2.05) is 24.4 Å². The lowest BCUT2D eigenvalue weighted by atomic mass is 10.1. The van der Waals surface area contributed by atoms with Crippen LogP contribution < -0.4 is 5.73 Å². The molecule has 2 N–H and O–H groups in total. The minimum Gasteiger partial charge on any atom is -0.326 e. The van der Waals surface area contributed by atoms with Gasteiger partial charge in [-0.15, -0.1) is 5.10 Å². The fraction of sp³-hybridized carbons (Fsp3) is 0.273. The smallest absolute Gasteiger partial charge is 0.0692 e. The molecule has 0 aliphatic rings. The van der Waals surface area contributed by atoms with Gasteiger partial charge in [-0.25, -0.2) is 0 Å². The van der Waals surface area contributed by atoms with Crippen LogP contribution in [0.5, 0.6) is 0 Å². The SMILES string of the molecule is N[C@@H](Cc1ccccc1)Cn1ccnn1. The molecule has 1 heterocycles. The van der Waals surface area contributed by atoms with Crippen LogP contribution in [-0.4, -0.2) is 21.0 Å². The second-order valence-corrected chi connectivity index (χ2v) is 3.57. The lowest BCUT2D eigenvalue weighted by Crippen LogP contribution is -2.28.